The first-order valence-corrected chi connectivity index (χ1v) is 8.85. The normalized spacial score (nSPS) is 12.4. The lowest BCUT2D eigenvalue weighted by Gasteiger charge is -2.17. The zero-order valence-electron chi connectivity index (χ0n) is 15.7. The Balaban J connectivity index is 1.94. The Hall–Kier alpha value is -2.63. The van der Waals surface area contributed by atoms with Gasteiger partial charge in [0.1, 0.15) is 6.04 Å². The van der Waals surface area contributed by atoms with Crippen LogP contribution in [0.15, 0.2) is 34.9 Å². The van der Waals surface area contributed by atoms with Crippen LogP contribution in [0.25, 0.3) is 11.3 Å². The standard InChI is InChI=1S/C20H26N2O4/c1-12(2)14-5-7-15(8-6-14)16-11-21-18(26-16)10-9-17(23)22-19(13(3)4)20(24)25/h5-8,11-13,19H,9-10H2,1-4H3,(H,22,23)(H,24,25). The van der Waals surface area contributed by atoms with Crippen LogP contribution in [-0.4, -0.2) is 28.0 Å². The highest BCUT2D eigenvalue weighted by molar-refractivity contribution is 5.83. The first kappa shape index (κ1) is 19.7. The Morgan fingerprint density at radius 3 is 2.35 bits per heavy atom. The van der Waals surface area contributed by atoms with E-state index < -0.39 is 12.0 Å². The van der Waals surface area contributed by atoms with Gasteiger partial charge in [-0.15, -0.1) is 0 Å². The molecule has 0 fully saturated rings. The van der Waals surface area contributed by atoms with E-state index in [0.717, 1.165) is 5.56 Å². The van der Waals surface area contributed by atoms with Crippen LogP contribution in [0.3, 0.4) is 0 Å². The first-order valence-electron chi connectivity index (χ1n) is 8.85. The monoisotopic (exact) mass is 358 g/mol. The number of benzene rings is 1. The molecule has 1 unspecified atom stereocenters. The Morgan fingerprint density at radius 1 is 1.15 bits per heavy atom. The van der Waals surface area contributed by atoms with Gasteiger partial charge in [-0.3, -0.25) is 4.79 Å². The second-order valence-electron chi connectivity index (χ2n) is 7.02. The van der Waals surface area contributed by atoms with E-state index in [9.17, 15) is 9.59 Å². The van der Waals surface area contributed by atoms with E-state index in [1.54, 1.807) is 20.0 Å². The minimum absolute atomic E-state index is 0.128. The number of nitrogens with one attached hydrogen (secondary N) is 1. The van der Waals surface area contributed by atoms with Crippen LogP contribution in [0.4, 0.5) is 0 Å². The summed E-state index contributed by atoms with van der Waals surface area (Å²) in [5, 5.41) is 11.6. The fourth-order valence-corrected chi connectivity index (χ4v) is 2.57. The Kier molecular flexibility index (Phi) is 6.55. The largest absolute Gasteiger partial charge is 0.480 e. The number of hydrogen-bond acceptors (Lipinski definition) is 4. The highest BCUT2D eigenvalue weighted by atomic mass is 16.4. The minimum atomic E-state index is -1.03. The summed E-state index contributed by atoms with van der Waals surface area (Å²) in [6.07, 6.45) is 2.09. The molecule has 1 amide bonds. The predicted molar refractivity (Wildman–Crippen MR) is 98.8 cm³/mol. The van der Waals surface area contributed by atoms with Crippen LogP contribution in [0.1, 0.15) is 51.5 Å². The molecule has 0 aliphatic heterocycles. The number of aliphatic carboxylic acids is 1. The van der Waals surface area contributed by atoms with E-state index in [1.807, 2.05) is 12.1 Å². The van der Waals surface area contributed by atoms with Gasteiger partial charge in [-0.1, -0.05) is 52.0 Å². The number of carbonyl (C=O) groups is 2. The summed E-state index contributed by atoms with van der Waals surface area (Å²) in [6, 6.07) is 7.22. The van der Waals surface area contributed by atoms with E-state index in [0.29, 0.717) is 24.0 Å². The second kappa shape index (κ2) is 8.65. The summed E-state index contributed by atoms with van der Waals surface area (Å²) in [4.78, 5) is 27.3. The van der Waals surface area contributed by atoms with Gasteiger partial charge in [-0.05, 0) is 17.4 Å². The zero-order valence-corrected chi connectivity index (χ0v) is 15.7. The van der Waals surface area contributed by atoms with Crippen molar-refractivity contribution in [3.63, 3.8) is 0 Å². The molecule has 1 atom stereocenters. The lowest BCUT2D eigenvalue weighted by Crippen LogP contribution is -2.44. The third-order valence-electron chi connectivity index (χ3n) is 4.23. The summed E-state index contributed by atoms with van der Waals surface area (Å²) in [5.74, 6) is 0.0384. The number of carboxylic acid groups (broad SMARTS) is 1. The lowest BCUT2D eigenvalue weighted by atomic mass is 10.0. The summed E-state index contributed by atoms with van der Waals surface area (Å²) >= 11 is 0. The molecule has 140 valence electrons. The van der Waals surface area contributed by atoms with Gasteiger partial charge in [0.2, 0.25) is 5.91 Å². The molecular weight excluding hydrogens is 332 g/mol. The SMILES string of the molecule is CC(C)c1ccc(-c2cnc(CCC(=O)NC(C(=O)O)C(C)C)o2)cc1. The number of oxazole rings is 1. The van der Waals surface area contributed by atoms with Gasteiger partial charge in [0.05, 0.1) is 6.20 Å². The quantitative estimate of drug-likeness (QED) is 0.752. The van der Waals surface area contributed by atoms with Crippen LogP contribution in [0.5, 0.6) is 0 Å². The molecule has 0 spiro atoms. The van der Waals surface area contributed by atoms with Crippen LogP contribution < -0.4 is 5.32 Å². The molecule has 0 bridgehead atoms. The highest BCUT2D eigenvalue weighted by Crippen LogP contribution is 2.23. The van der Waals surface area contributed by atoms with E-state index in [2.05, 4.69) is 36.3 Å². The lowest BCUT2D eigenvalue weighted by molar-refractivity contribution is -0.143. The molecule has 26 heavy (non-hydrogen) atoms. The number of carboxylic acids is 1. The van der Waals surface area contributed by atoms with Crippen molar-refractivity contribution in [2.45, 2.75) is 52.5 Å². The Bertz CT molecular complexity index is 747. The van der Waals surface area contributed by atoms with Crippen LogP contribution in [0, 0.1) is 5.92 Å². The van der Waals surface area contributed by atoms with Crippen molar-refractivity contribution in [2.75, 3.05) is 0 Å². The fraction of sp³-hybridized carbons (Fsp3) is 0.450. The van der Waals surface area contributed by atoms with Gasteiger partial charge in [-0.25, -0.2) is 9.78 Å². The highest BCUT2D eigenvalue weighted by Gasteiger charge is 2.23. The molecule has 0 radical (unpaired) electrons. The minimum Gasteiger partial charge on any atom is -0.480 e. The van der Waals surface area contributed by atoms with Crippen LogP contribution >= 0.6 is 0 Å². The Morgan fingerprint density at radius 2 is 1.81 bits per heavy atom. The van der Waals surface area contributed by atoms with Crippen molar-refractivity contribution in [2.24, 2.45) is 5.92 Å². The summed E-state index contributed by atoms with van der Waals surface area (Å²) in [5.41, 5.74) is 2.19. The van der Waals surface area contributed by atoms with E-state index in [4.69, 9.17) is 9.52 Å². The molecule has 2 aromatic rings. The van der Waals surface area contributed by atoms with Gasteiger partial charge < -0.3 is 14.8 Å². The molecule has 6 heteroatoms. The van der Waals surface area contributed by atoms with Gasteiger partial charge in [0, 0.05) is 18.4 Å². The molecule has 2 N–H and O–H groups in total. The number of hydrogen-bond donors (Lipinski definition) is 2. The van der Waals surface area contributed by atoms with Gasteiger partial charge >= 0.3 is 5.97 Å². The van der Waals surface area contributed by atoms with Crippen molar-refractivity contribution in [3.8, 4) is 11.3 Å². The van der Waals surface area contributed by atoms with E-state index in [1.165, 1.54) is 5.56 Å². The van der Waals surface area contributed by atoms with Crippen molar-refractivity contribution >= 4 is 11.9 Å². The molecule has 0 saturated heterocycles. The molecule has 0 saturated carbocycles. The number of aromatic nitrogens is 1. The van der Waals surface area contributed by atoms with Gasteiger partial charge in [0.15, 0.2) is 11.7 Å². The van der Waals surface area contributed by atoms with Crippen molar-refractivity contribution in [1.82, 2.24) is 10.3 Å². The molecule has 0 aliphatic carbocycles. The maximum absolute atomic E-state index is 12.0. The average molecular weight is 358 g/mol. The molecule has 2 rings (SSSR count). The maximum atomic E-state index is 12.0. The Labute approximate surface area is 153 Å². The molecule has 6 nitrogen and oxygen atoms in total. The van der Waals surface area contributed by atoms with Crippen LogP contribution in [0.2, 0.25) is 0 Å². The number of nitrogens with zero attached hydrogens (tertiary/aromatic N) is 1. The molecule has 0 aliphatic rings. The third kappa shape index (κ3) is 5.18. The predicted octanol–water partition coefficient (Wildman–Crippen LogP) is 3.62. The molecule has 1 heterocycles. The summed E-state index contributed by atoms with van der Waals surface area (Å²) in [6.45, 7) is 7.79. The second-order valence-corrected chi connectivity index (χ2v) is 7.02. The third-order valence-corrected chi connectivity index (χ3v) is 4.23. The van der Waals surface area contributed by atoms with E-state index in [-0.39, 0.29) is 18.2 Å². The van der Waals surface area contributed by atoms with E-state index >= 15 is 0 Å². The number of rotatable bonds is 8. The maximum Gasteiger partial charge on any atom is 0.326 e. The summed E-state index contributed by atoms with van der Waals surface area (Å²) in [7, 11) is 0. The molecular formula is C20H26N2O4. The fourth-order valence-electron chi connectivity index (χ4n) is 2.57. The topological polar surface area (TPSA) is 92.4 Å². The zero-order chi connectivity index (χ0) is 19.3. The number of amides is 1. The number of aryl methyl sites for hydroxylation is 1. The first-order chi connectivity index (χ1) is 12.3. The van der Waals surface area contributed by atoms with Crippen molar-refractivity contribution in [3.05, 3.63) is 41.9 Å². The molecule has 1 aromatic carbocycles. The van der Waals surface area contributed by atoms with Gasteiger partial charge in [-0.2, -0.15) is 0 Å². The summed E-state index contributed by atoms with van der Waals surface area (Å²) < 4.78 is 5.71. The van der Waals surface area contributed by atoms with Crippen molar-refractivity contribution in [1.29, 1.82) is 0 Å². The average Bonchev–Trinajstić information content (AvgIpc) is 3.06. The van der Waals surface area contributed by atoms with Crippen molar-refractivity contribution < 1.29 is 19.1 Å². The molecule has 1 aromatic heterocycles. The smallest absolute Gasteiger partial charge is 0.326 e. The van der Waals surface area contributed by atoms with Crippen LogP contribution in [-0.2, 0) is 16.0 Å². The number of carbonyl (C=O) groups excluding carboxylic acids is 1. The van der Waals surface area contributed by atoms with Gasteiger partial charge in [0.25, 0.3) is 0 Å².